The summed E-state index contributed by atoms with van der Waals surface area (Å²) in [6.07, 6.45) is 2.29. The molecule has 0 bridgehead atoms. The maximum atomic E-state index is 12.2. The Morgan fingerprint density at radius 1 is 1.20 bits per heavy atom. The number of rotatable bonds is 2. The molecule has 2 aromatic carbocycles. The summed E-state index contributed by atoms with van der Waals surface area (Å²) in [5, 5.41) is 14.3. The first-order chi connectivity index (χ1) is 9.63. The van der Waals surface area contributed by atoms with Gasteiger partial charge in [0.2, 0.25) is 5.91 Å². The Bertz CT molecular complexity index is 723. The maximum absolute atomic E-state index is 12.2. The third kappa shape index (κ3) is 2.04. The molecule has 3 nitrogen and oxygen atoms in total. The lowest BCUT2D eigenvalue weighted by Gasteiger charge is -2.33. The number of anilines is 1. The van der Waals surface area contributed by atoms with E-state index in [4.69, 9.17) is 0 Å². The van der Waals surface area contributed by atoms with Gasteiger partial charge in [0.15, 0.2) is 0 Å². The molecule has 0 heterocycles. The molecule has 0 radical (unpaired) electrons. The largest absolute Gasteiger partial charge is 0.325 e. The molecule has 1 saturated carbocycles. The van der Waals surface area contributed by atoms with Crippen LogP contribution in [0, 0.1) is 23.7 Å². The molecule has 1 fully saturated rings. The van der Waals surface area contributed by atoms with Crippen LogP contribution in [-0.2, 0) is 4.79 Å². The van der Waals surface area contributed by atoms with Gasteiger partial charge in [-0.15, -0.1) is 0 Å². The van der Waals surface area contributed by atoms with Crippen molar-refractivity contribution in [1.82, 2.24) is 0 Å². The zero-order valence-corrected chi connectivity index (χ0v) is 11.4. The van der Waals surface area contributed by atoms with Crippen LogP contribution >= 0.6 is 0 Å². The molecule has 1 aliphatic carbocycles. The van der Waals surface area contributed by atoms with E-state index < -0.39 is 5.41 Å². The molecule has 1 N–H and O–H groups in total. The van der Waals surface area contributed by atoms with E-state index in [-0.39, 0.29) is 5.91 Å². The van der Waals surface area contributed by atoms with Gasteiger partial charge < -0.3 is 5.32 Å². The minimum Gasteiger partial charge on any atom is -0.325 e. The summed E-state index contributed by atoms with van der Waals surface area (Å²) in [5.41, 5.74) is 1.17. The van der Waals surface area contributed by atoms with Crippen LogP contribution in [0.3, 0.4) is 0 Å². The summed E-state index contributed by atoms with van der Waals surface area (Å²) in [6.45, 7) is 2.06. The Kier molecular flexibility index (Phi) is 2.94. The van der Waals surface area contributed by atoms with Crippen LogP contribution in [0.15, 0.2) is 36.4 Å². The quantitative estimate of drug-likeness (QED) is 0.897. The van der Waals surface area contributed by atoms with Crippen LogP contribution in [0.2, 0.25) is 0 Å². The van der Waals surface area contributed by atoms with Crippen molar-refractivity contribution in [1.29, 1.82) is 5.26 Å². The second-order valence-corrected chi connectivity index (χ2v) is 5.57. The molecule has 3 rings (SSSR count). The second kappa shape index (κ2) is 4.64. The van der Waals surface area contributed by atoms with Crippen LogP contribution in [0.5, 0.6) is 0 Å². The van der Waals surface area contributed by atoms with E-state index >= 15 is 0 Å². The minimum atomic E-state index is -0.803. The van der Waals surface area contributed by atoms with Crippen molar-refractivity contribution in [3.8, 4) is 6.07 Å². The fourth-order valence-corrected chi connectivity index (χ4v) is 2.61. The van der Waals surface area contributed by atoms with Crippen molar-refractivity contribution in [3.63, 3.8) is 0 Å². The lowest BCUT2D eigenvalue weighted by atomic mass is 9.69. The van der Waals surface area contributed by atoms with Crippen LogP contribution in [0.25, 0.3) is 10.8 Å². The highest BCUT2D eigenvalue weighted by Crippen LogP contribution is 2.41. The molecule has 1 amide bonds. The van der Waals surface area contributed by atoms with Gasteiger partial charge in [-0.2, -0.15) is 5.26 Å². The first-order valence-electron chi connectivity index (χ1n) is 6.86. The minimum absolute atomic E-state index is 0.169. The molecule has 0 aliphatic heterocycles. The number of carbonyl (C=O) groups excluding carboxylic acids is 1. The van der Waals surface area contributed by atoms with Gasteiger partial charge in [0.1, 0.15) is 5.41 Å². The molecule has 0 aromatic heterocycles. The fourth-order valence-electron chi connectivity index (χ4n) is 2.61. The normalized spacial score (nSPS) is 16.2. The third-order valence-corrected chi connectivity index (χ3v) is 4.11. The molecule has 100 valence electrons. The molecule has 2 aromatic rings. The van der Waals surface area contributed by atoms with E-state index in [2.05, 4.69) is 30.4 Å². The lowest BCUT2D eigenvalue weighted by molar-refractivity contribution is -0.126. The Hall–Kier alpha value is -2.34. The monoisotopic (exact) mass is 264 g/mol. The second-order valence-electron chi connectivity index (χ2n) is 5.57. The Morgan fingerprint density at radius 3 is 2.55 bits per heavy atom. The van der Waals surface area contributed by atoms with E-state index in [1.54, 1.807) is 0 Å². The van der Waals surface area contributed by atoms with Crippen molar-refractivity contribution in [2.24, 2.45) is 5.41 Å². The number of nitriles is 1. The molecule has 0 saturated heterocycles. The summed E-state index contributed by atoms with van der Waals surface area (Å²) in [7, 11) is 0. The topological polar surface area (TPSA) is 52.9 Å². The number of benzene rings is 2. The van der Waals surface area contributed by atoms with Crippen molar-refractivity contribution in [2.75, 3.05) is 5.32 Å². The third-order valence-electron chi connectivity index (χ3n) is 4.11. The Morgan fingerprint density at radius 2 is 1.90 bits per heavy atom. The molecular formula is C17H16N2O. The summed E-state index contributed by atoms with van der Waals surface area (Å²) in [5.74, 6) is -0.169. The molecule has 20 heavy (non-hydrogen) atoms. The Labute approximate surface area is 118 Å². The van der Waals surface area contributed by atoms with Crippen LogP contribution < -0.4 is 5.32 Å². The SMILES string of the molecule is Cc1ccc2cc(NC(=O)C3(C#N)CCC3)ccc2c1. The van der Waals surface area contributed by atoms with E-state index in [9.17, 15) is 10.1 Å². The molecular weight excluding hydrogens is 248 g/mol. The number of nitrogens with one attached hydrogen (secondary N) is 1. The van der Waals surface area contributed by atoms with Crippen LogP contribution in [0.1, 0.15) is 24.8 Å². The van der Waals surface area contributed by atoms with Gasteiger partial charge in [0.05, 0.1) is 6.07 Å². The van der Waals surface area contributed by atoms with Gasteiger partial charge >= 0.3 is 0 Å². The molecule has 0 spiro atoms. The van der Waals surface area contributed by atoms with Gasteiger partial charge in [-0.05, 0) is 49.1 Å². The number of nitrogens with zero attached hydrogens (tertiary/aromatic N) is 1. The van der Waals surface area contributed by atoms with E-state index in [0.717, 1.165) is 22.9 Å². The predicted molar refractivity (Wildman–Crippen MR) is 79.2 cm³/mol. The molecule has 0 unspecified atom stereocenters. The standard InChI is InChI=1S/C17H16N2O/c1-12-3-4-14-10-15(6-5-13(14)9-12)19-16(20)17(11-18)7-2-8-17/h3-6,9-10H,2,7-8H2,1H3,(H,19,20). The van der Waals surface area contributed by atoms with Crippen molar-refractivity contribution in [3.05, 3.63) is 42.0 Å². The molecule has 0 atom stereocenters. The van der Waals surface area contributed by atoms with Crippen molar-refractivity contribution >= 4 is 22.4 Å². The number of amides is 1. The first-order valence-corrected chi connectivity index (χ1v) is 6.86. The number of hydrogen-bond acceptors (Lipinski definition) is 2. The zero-order chi connectivity index (χ0) is 14.2. The fraction of sp³-hybridized carbons (Fsp3) is 0.294. The number of carbonyl (C=O) groups is 1. The van der Waals surface area contributed by atoms with E-state index in [0.29, 0.717) is 12.8 Å². The lowest BCUT2D eigenvalue weighted by Crippen LogP contribution is -2.40. The summed E-state index contributed by atoms with van der Waals surface area (Å²) in [6, 6.07) is 14.2. The number of fused-ring (bicyclic) bond motifs is 1. The van der Waals surface area contributed by atoms with Gasteiger partial charge in [-0.25, -0.2) is 0 Å². The zero-order valence-electron chi connectivity index (χ0n) is 11.4. The number of hydrogen-bond donors (Lipinski definition) is 1. The average Bonchev–Trinajstić information content (AvgIpc) is 2.38. The van der Waals surface area contributed by atoms with E-state index in [1.807, 2.05) is 24.3 Å². The van der Waals surface area contributed by atoms with Gasteiger partial charge in [-0.1, -0.05) is 29.8 Å². The van der Waals surface area contributed by atoms with Gasteiger partial charge in [-0.3, -0.25) is 4.79 Å². The summed E-state index contributed by atoms with van der Waals surface area (Å²) < 4.78 is 0. The summed E-state index contributed by atoms with van der Waals surface area (Å²) >= 11 is 0. The van der Waals surface area contributed by atoms with Crippen LogP contribution in [-0.4, -0.2) is 5.91 Å². The first kappa shape index (κ1) is 12.7. The van der Waals surface area contributed by atoms with Crippen molar-refractivity contribution in [2.45, 2.75) is 26.2 Å². The van der Waals surface area contributed by atoms with Gasteiger partial charge in [0, 0.05) is 5.69 Å². The van der Waals surface area contributed by atoms with E-state index in [1.165, 1.54) is 5.56 Å². The highest BCUT2D eigenvalue weighted by atomic mass is 16.2. The van der Waals surface area contributed by atoms with Crippen molar-refractivity contribution < 1.29 is 4.79 Å². The number of aryl methyl sites for hydroxylation is 1. The van der Waals surface area contributed by atoms with Crippen LogP contribution in [0.4, 0.5) is 5.69 Å². The molecule has 1 aliphatic rings. The van der Waals surface area contributed by atoms with Gasteiger partial charge in [0.25, 0.3) is 0 Å². The maximum Gasteiger partial charge on any atom is 0.244 e. The Balaban J connectivity index is 1.86. The predicted octanol–water partition coefficient (Wildman–Crippen LogP) is 3.78. The highest BCUT2D eigenvalue weighted by Gasteiger charge is 2.44. The average molecular weight is 264 g/mol. The highest BCUT2D eigenvalue weighted by molar-refractivity contribution is 5.99. The summed E-state index contributed by atoms with van der Waals surface area (Å²) in [4.78, 5) is 12.2. The smallest absolute Gasteiger partial charge is 0.244 e. The molecule has 3 heteroatoms.